The van der Waals surface area contributed by atoms with Gasteiger partial charge in [-0.15, -0.1) is 0 Å². The molecule has 0 fully saturated rings. The molecule has 0 rings (SSSR count). The fourth-order valence-electron chi connectivity index (χ4n) is 10.2. The van der Waals surface area contributed by atoms with Gasteiger partial charge >= 0.3 is 5.97 Å². The lowest BCUT2D eigenvalue weighted by Gasteiger charge is -2.20. The molecule has 0 spiro atoms. The molecule has 0 aromatic heterocycles. The van der Waals surface area contributed by atoms with E-state index >= 15 is 0 Å². The monoisotopic (exact) mass is 1050 g/mol. The van der Waals surface area contributed by atoms with E-state index in [-0.39, 0.29) is 18.5 Å². The summed E-state index contributed by atoms with van der Waals surface area (Å²) in [5.41, 5.74) is 0. The Labute approximate surface area is 467 Å². The maximum absolute atomic E-state index is 12.4. The van der Waals surface area contributed by atoms with Gasteiger partial charge in [0, 0.05) is 12.8 Å². The molecule has 6 heteroatoms. The number of nitrogens with one attached hydrogen (secondary N) is 1. The number of ether oxygens (including phenoxy) is 1. The molecule has 0 aliphatic rings. The predicted octanol–water partition coefficient (Wildman–Crippen LogP) is 21.3. The molecule has 2 atom stereocenters. The van der Waals surface area contributed by atoms with E-state index in [2.05, 4.69) is 55.6 Å². The van der Waals surface area contributed by atoms with E-state index in [1.165, 1.54) is 276 Å². The van der Waals surface area contributed by atoms with Crippen molar-refractivity contribution >= 4 is 11.9 Å². The summed E-state index contributed by atoms with van der Waals surface area (Å²) < 4.78 is 5.48. The van der Waals surface area contributed by atoms with Gasteiger partial charge in [-0.25, -0.2) is 0 Å². The zero-order valence-electron chi connectivity index (χ0n) is 50.3. The Hall–Kier alpha value is -2.18. The van der Waals surface area contributed by atoms with Crippen LogP contribution in [-0.4, -0.2) is 47.4 Å². The van der Waals surface area contributed by atoms with Crippen LogP contribution < -0.4 is 5.32 Å². The number of carbonyl (C=O) groups is 2. The Bertz CT molecular complexity index is 1260. The summed E-state index contributed by atoms with van der Waals surface area (Å²) in [6, 6.07) is -0.625. The smallest absolute Gasteiger partial charge is 0.305 e. The van der Waals surface area contributed by atoms with E-state index < -0.39 is 12.1 Å². The highest BCUT2D eigenvalue weighted by molar-refractivity contribution is 5.76. The van der Waals surface area contributed by atoms with Gasteiger partial charge in [0.25, 0.3) is 0 Å². The second-order valence-electron chi connectivity index (χ2n) is 22.8. The maximum atomic E-state index is 12.4. The first-order valence-electron chi connectivity index (χ1n) is 33.4. The van der Waals surface area contributed by atoms with Gasteiger partial charge in [-0.3, -0.25) is 9.59 Å². The molecule has 440 valence electrons. The average molecular weight is 1050 g/mol. The molecule has 0 heterocycles. The first kappa shape index (κ1) is 72.8. The van der Waals surface area contributed by atoms with Crippen molar-refractivity contribution < 1.29 is 24.5 Å². The minimum atomic E-state index is -0.842. The maximum Gasteiger partial charge on any atom is 0.305 e. The fourth-order valence-corrected chi connectivity index (χ4v) is 10.2. The summed E-state index contributed by atoms with van der Waals surface area (Å²) in [7, 11) is 0. The normalized spacial score (nSPS) is 12.9. The van der Waals surface area contributed by atoms with Crippen molar-refractivity contribution in [1.82, 2.24) is 5.32 Å². The summed E-state index contributed by atoms with van der Waals surface area (Å²) in [6.45, 7) is 4.89. The number of unbranched alkanes of at least 4 members (excludes halogenated alkanes) is 45. The molecule has 2 unspecified atom stereocenters. The minimum absolute atomic E-state index is 0.00517. The van der Waals surface area contributed by atoms with Crippen LogP contribution in [0.3, 0.4) is 0 Å². The molecule has 0 aromatic rings. The van der Waals surface area contributed by atoms with E-state index in [9.17, 15) is 19.8 Å². The molecule has 0 aliphatic heterocycles. The zero-order valence-corrected chi connectivity index (χ0v) is 50.3. The Morgan fingerprint density at radius 1 is 0.373 bits per heavy atom. The number of rotatable bonds is 62. The molecule has 3 N–H and O–H groups in total. The van der Waals surface area contributed by atoms with Crippen molar-refractivity contribution in [3.63, 3.8) is 0 Å². The van der Waals surface area contributed by atoms with Crippen LogP contribution in [0.2, 0.25) is 0 Å². The van der Waals surface area contributed by atoms with Crippen molar-refractivity contribution in [3.05, 3.63) is 48.6 Å². The standard InChI is InChI=1S/C69H129NO5/c1-3-5-7-9-11-13-15-16-39-43-47-51-55-59-63-69(74)75-64-60-56-52-48-44-40-37-35-33-31-29-27-25-23-21-19-17-18-20-22-24-26-28-30-32-34-36-38-42-46-50-54-58-62-68(73)70-66(65-71)67(72)61-57-53-49-45-41-14-12-10-8-6-4-2/h15-16,21,23,27,29,57,61,66-67,71-72H,3-14,17-20,22,24-26,28,30-56,58-60,62-65H2,1-2H3,(H,70,73)/b16-15-,23-21-,29-27-,61-57+. The highest BCUT2D eigenvalue weighted by Gasteiger charge is 2.18. The van der Waals surface area contributed by atoms with Gasteiger partial charge in [0.2, 0.25) is 5.91 Å². The topological polar surface area (TPSA) is 95.9 Å². The first-order chi connectivity index (χ1) is 37.0. The van der Waals surface area contributed by atoms with Gasteiger partial charge in [0.1, 0.15) is 0 Å². The fraction of sp³-hybridized carbons (Fsp3) is 0.855. The van der Waals surface area contributed by atoms with Gasteiger partial charge < -0.3 is 20.3 Å². The number of hydrogen-bond acceptors (Lipinski definition) is 5. The van der Waals surface area contributed by atoms with E-state index in [4.69, 9.17) is 4.74 Å². The SMILES string of the molecule is CCCCCCC/C=C\CCCCCCCC(=O)OCCCCCCCCCCC/C=C\C/C=C\CCCCCCCCCCCCCCCCCCCC(=O)NC(CO)C(O)/C=C/CCCCCCCCCCC. The number of carbonyl (C=O) groups excluding carboxylic acids is 2. The molecule has 0 aromatic carbocycles. The Morgan fingerprint density at radius 3 is 1.03 bits per heavy atom. The van der Waals surface area contributed by atoms with Crippen molar-refractivity contribution in [2.24, 2.45) is 0 Å². The molecule has 6 nitrogen and oxygen atoms in total. The van der Waals surface area contributed by atoms with E-state index in [1.54, 1.807) is 6.08 Å². The molecule has 1 amide bonds. The molecule has 0 radical (unpaired) electrons. The Kier molecular flexibility index (Phi) is 62.5. The van der Waals surface area contributed by atoms with Crippen LogP contribution in [-0.2, 0) is 14.3 Å². The second kappa shape index (κ2) is 64.3. The van der Waals surface area contributed by atoms with Gasteiger partial charge in [0.05, 0.1) is 25.4 Å². The summed E-state index contributed by atoms with van der Waals surface area (Å²) >= 11 is 0. The molecular formula is C69H129NO5. The van der Waals surface area contributed by atoms with Gasteiger partial charge in [-0.05, 0) is 89.9 Å². The number of aliphatic hydroxyl groups is 2. The number of aliphatic hydroxyl groups excluding tert-OH is 2. The quantitative estimate of drug-likeness (QED) is 0.0320. The lowest BCUT2D eigenvalue weighted by atomic mass is 10.0. The van der Waals surface area contributed by atoms with Crippen LogP contribution in [0, 0.1) is 0 Å². The van der Waals surface area contributed by atoms with Crippen molar-refractivity contribution in [3.8, 4) is 0 Å². The van der Waals surface area contributed by atoms with Crippen LogP contribution in [0.5, 0.6) is 0 Å². The van der Waals surface area contributed by atoms with E-state index in [0.717, 1.165) is 51.4 Å². The van der Waals surface area contributed by atoms with Gasteiger partial charge in [-0.1, -0.05) is 300 Å². The molecular weight excluding hydrogens is 923 g/mol. The highest BCUT2D eigenvalue weighted by Crippen LogP contribution is 2.17. The number of allylic oxidation sites excluding steroid dienone is 7. The average Bonchev–Trinajstić information content (AvgIpc) is 3.41. The van der Waals surface area contributed by atoms with Gasteiger partial charge in [0.15, 0.2) is 0 Å². The predicted molar refractivity (Wildman–Crippen MR) is 329 cm³/mol. The zero-order chi connectivity index (χ0) is 54.3. The van der Waals surface area contributed by atoms with Crippen molar-refractivity contribution in [2.45, 2.75) is 366 Å². The van der Waals surface area contributed by atoms with E-state index in [1.807, 2.05) is 6.08 Å². The van der Waals surface area contributed by atoms with Gasteiger partial charge in [-0.2, -0.15) is 0 Å². The van der Waals surface area contributed by atoms with Crippen LogP contribution in [0.4, 0.5) is 0 Å². The first-order valence-corrected chi connectivity index (χ1v) is 33.4. The summed E-state index contributed by atoms with van der Waals surface area (Å²) in [4.78, 5) is 24.5. The Balaban J connectivity index is 3.38. The number of amides is 1. The van der Waals surface area contributed by atoms with Crippen LogP contribution in [0.1, 0.15) is 354 Å². The third-order valence-corrected chi connectivity index (χ3v) is 15.3. The Morgan fingerprint density at radius 2 is 0.667 bits per heavy atom. The molecule has 0 saturated heterocycles. The summed E-state index contributed by atoms with van der Waals surface area (Å²) in [6.07, 6.45) is 83.3. The molecule has 0 saturated carbocycles. The summed E-state index contributed by atoms with van der Waals surface area (Å²) in [5, 5.41) is 23.0. The summed E-state index contributed by atoms with van der Waals surface area (Å²) in [5.74, 6) is -0.0616. The van der Waals surface area contributed by atoms with Crippen LogP contribution in [0.15, 0.2) is 48.6 Å². The van der Waals surface area contributed by atoms with Crippen molar-refractivity contribution in [2.75, 3.05) is 13.2 Å². The molecule has 75 heavy (non-hydrogen) atoms. The third-order valence-electron chi connectivity index (χ3n) is 15.3. The van der Waals surface area contributed by atoms with Crippen LogP contribution >= 0.6 is 0 Å². The van der Waals surface area contributed by atoms with Crippen molar-refractivity contribution in [1.29, 1.82) is 0 Å². The minimum Gasteiger partial charge on any atom is -0.466 e. The van der Waals surface area contributed by atoms with Crippen LogP contribution in [0.25, 0.3) is 0 Å². The van der Waals surface area contributed by atoms with E-state index in [0.29, 0.717) is 19.4 Å². The number of hydrogen-bond donors (Lipinski definition) is 3. The molecule has 0 bridgehead atoms. The lowest BCUT2D eigenvalue weighted by molar-refractivity contribution is -0.143. The second-order valence-corrected chi connectivity index (χ2v) is 22.8. The highest BCUT2D eigenvalue weighted by atomic mass is 16.5. The lowest BCUT2D eigenvalue weighted by Crippen LogP contribution is -2.45. The largest absolute Gasteiger partial charge is 0.466 e. The molecule has 0 aliphatic carbocycles. The number of esters is 1. The third kappa shape index (κ3) is 60.9.